The summed E-state index contributed by atoms with van der Waals surface area (Å²) < 4.78 is 0. The third kappa shape index (κ3) is 2.60. The first-order valence-electron chi connectivity index (χ1n) is 7.73. The molecule has 1 spiro atoms. The number of aryl methyl sites for hydroxylation is 1. The minimum atomic E-state index is -0.305. The summed E-state index contributed by atoms with van der Waals surface area (Å²) in [4.78, 5) is 17.8. The minimum Gasteiger partial charge on any atom is -0.343 e. The Morgan fingerprint density at radius 1 is 1.33 bits per heavy atom. The lowest BCUT2D eigenvalue weighted by Crippen LogP contribution is -2.62. The molecule has 1 saturated heterocycles. The second-order valence-electron chi connectivity index (χ2n) is 6.17. The maximum Gasteiger partial charge on any atom is 0.311 e. The van der Waals surface area contributed by atoms with E-state index in [1.165, 1.54) is 19.3 Å². The summed E-state index contributed by atoms with van der Waals surface area (Å²) in [5.74, 6) is 0.559. The van der Waals surface area contributed by atoms with Crippen molar-refractivity contribution in [1.29, 1.82) is 0 Å². The van der Waals surface area contributed by atoms with E-state index < -0.39 is 0 Å². The Kier molecular flexibility index (Phi) is 3.80. The van der Waals surface area contributed by atoms with Gasteiger partial charge in [0.2, 0.25) is 5.82 Å². The van der Waals surface area contributed by atoms with Crippen LogP contribution in [0.5, 0.6) is 0 Å². The summed E-state index contributed by atoms with van der Waals surface area (Å²) in [6.07, 6.45) is 5.83. The molecule has 3 rings (SSSR count). The van der Waals surface area contributed by atoms with Crippen LogP contribution in [0.2, 0.25) is 0 Å². The first-order valence-corrected chi connectivity index (χ1v) is 7.73. The summed E-state index contributed by atoms with van der Waals surface area (Å²) in [5.41, 5.74) is 0.967. The molecule has 1 aliphatic heterocycles. The fourth-order valence-electron chi connectivity index (χ4n) is 3.71. The molecule has 1 aromatic heterocycles. The molecule has 1 aliphatic carbocycles. The number of nitrogens with zero attached hydrogens (tertiary/aromatic N) is 3. The fourth-order valence-corrected chi connectivity index (χ4v) is 3.71. The van der Waals surface area contributed by atoms with E-state index in [4.69, 9.17) is 0 Å². The van der Waals surface area contributed by atoms with Crippen molar-refractivity contribution in [1.82, 2.24) is 10.3 Å². The van der Waals surface area contributed by atoms with Gasteiger partial charge in [-0.25, -0.2) is 4.98 Å². The van der Waals surface area contributed by atoms with Crippen molar-refractivity contribution in [2.45, 2.75) is 44.6 Å². The number of nitro groups is 1. The molecule has 0 amide bonds. The van der Waals surface area contributed by atoms with Crippen LogP contribution in [-0.2, 0) is 0 Å². The normalized spacial score (nSPS) is 21.5. The van der Waals surface area contributed by atoms with Crippen LogP contribution in [0.3, 0.4) is 0 Å². The number of piperazine rings is 1. The van der Waals surface area contributed by atoms with Gasteiger partial charge in [0.25, 0.3) is 0 Å². The Hall–Kier alpha value is -1.69. The van der Waals surface area contributed by atoms with Crippen LogP contribution in [0.25, 0.3) is 0 Å². The summed E-state index contributed by atoms with van der Waals surface area (Å²) in [6.45, 7) is 4.44. The molecule has 6 heteroatoms. The molecule has 2 aliphatic rings. The van der Waals surface area contributed by atoms with Gasteiger partial charge in [-0.3, -0.25) is 10.1 Å². The van der Waals surface area contributed by atoms with Gasteiger partial charge in [-0.05, 0) is 25.8 Å². The SMILES string of the molecule is Cc1ccc([N+](=O)[O-])c(N2CCNCC23CCCCC3)n1. The van der Waals surface area contributed by atoms with Gasteiger partial charge in [-0.2, -0.15) is 0 Å². The standard InChI is InChI=1S/C15H22N4O2/c1-12-5-6-13(19(20)21)14(17-12)18-10-9-16-11-15(18)7-3-2-4-8-15/h5-6,16H,2-4,7-11H2,1H3. The Bertz CT molecular complexity index is 532. The van der Waals surface area contributed by atoms with Gasteiger partial charge in [0.15, 0.2) is 0 Å². The molecule has 0 bridgehead atoms. The lowest BCUT2D eigenvalue weighted by atomic mass is 9.79. The van der Waals surface area contributed by atoms with E-state index in [0.717, 1.165) is 38.2 Å². The molecule has 1 N–H and O–H groups in total. The Balaban J connectivity index is 2.04. The summed E-state index contributed by atoms with van der Waals surface area (Å²) in [6, 6.07) is 3.31. The summed E-state index contributed by atoms with van der Waals surface area (Å²) in [5, 5.41) is 14.8. The van der Waals surface area contributed by atoms with Crippen LogP contribution in [0.4, 0.5) is 11.5 Å². The van der Waals surface area contributed by atoms with E-state index in [0.29, 0.717) is 5.82 Å². The van der Waals surface area contributed by atoms with Crippen molar-refractivity contribution in [3.05, 3.63) is 27.9 Å². The molecule has 2 heterocycles. The second kappa shape index (κ2) is 5.60. The summed E-state index contributed by atoms with van der Waals surface area (Å²) in [7, 11) is 0. The van der Waals surface area contributed by atoms with Gasteiger partial charge in [0, 0.05) is 31.4 Å². The summed E-state index contributed by atoms with van der Waals surface area (Å²) >= 11 is 0. The van der Waals surface area contributed by atoms with Crippen LogP contribution in [0, 0.1) is 17.0 Å². The highest BCUT2D eigenvalue weighted by molar-refractivity contribution is 5.60. The first-order chi connectivity index (χ1) is 10.1. The van der Waals surface area contributed by atoms with Crippen molar-refractivity contribution >= 4 is 11.5 Å². The molecule has 1 saturated carbocycles. The number of nitrogens with one attached hydrogen (secondary N) is 1. The fraction of sp³-hybridized carbons (Fsp3) is 0.667. The van der Waals surface area contributed by atoms with Crippen molar-refractivity contribution in [3.63, 3.8) is 0 Å². The molecule has 21 heavy (non-hydrogen) atoms. The van der Waals surface area contributed by atoms with Crippen LogP contribution < -0.4 is 10.2 Å². The zero-order valence-corrected chi connectivity index (χ0v) is 12.5. The number of anilines is 1. The van der Waals surface area contributed by atoms with Crippen LogP contribution in [-0.4, -0.2) is 35.1 Å². The highest BCUT2D eigenvalue weighted by atomic mass is 16.6. The number of hydrogen-bond donors (Lipinski definition) is 1. The quantitative estimate of drug-likeness (QED) is 0.669. The zero-order chi connectivity index (χ0) is 14.9. The second-order valence-corrected chi connectivity index (χ2v) is 6.17. The third-order valence-electron chi connectivity index (χ3n) is 4.77. The predicted molar refractivity (Wildman–Crippen MR) is 81.7 cm³/mol. The molecule has 1 aromatic rings. The van der Waals surface area contributed by atoms with Gasteiger partial charge in [-0.15, -0.1) is 0 Å². The van der Waals surface area contributed by atoms with E-state index in [1.54, 1.807) is 12.1 Å². The molecule has 114 valence electrons. The monoisotopic (exact) mass is 290 g/mol. The minimum absolute atomic E-state index is 0.00204. The van der Waals surface area contributed by atoms with Crippen LogP contribution in [0.1, 0.15) is 37.8 Å². The van der Waals surface area contributed by atoms with Gasteiger partial charge in [0.1, 0.15) is 0 Å². The molecule has 0 unspecified atom stereocenters. The van der Waals surface area contributed by atoms with Gasteiger partial charge < -0.3 is 10.2 Å². The molecular formula is C15H22N4O2. The molecule has 0 atom stereocenters. The van der Waals surface area contributed by atoms with Gasteiger partial charge in [-0.1, -0.05) is 19.3 Å². The smallest absolute Gasteiger partial charge is 0.311 e. The lowest BCUT2D eigenvalue weighted by molar-refractivity contribution is -0.384. The van der Waals surface area contributed by atoms with Crippen molar-refractivity contribution in [2.75, 3.05) is 24.5 Å². The van der Waals surface area contributed by atoms with Crippen LogP contribution in [0.15, 0.2) is 12.1 Å². The van der Waals surface area contributed by atoms with Gasteiger partial charge in [0.05, 0.1) is 10.5 Å². The maximum atomic E-state index is 11.4. The number of aromatic nitrogens is 1. The Morgan fingerprint density at radius 2 is 2.10 bits per heavy atom. The van der Waals surface area contributed by atoms with Gasteiger partial charge >= 0.3 is 5.69 Å². The number of hydrogen-bond acceptors (Lipinski definition) is 5. The molecule has 6 nitrogen and oxygen atoms in total. The largest absolute Gasteiger partial charge is 0.343 e. The van der Waals surface area contributed by atoms with Crippen molar-refractivity contribution in [2.24, 2.45) is 0 Å². The highest BCUT2D eigenvalue weighted by Gasteiger charge is 2.42. The predicted octanol–water partition coefficient (Wildman–Crippen LogP) is 2.41. The Labute approximate surface area is 124 Å². The lowest BCUT2D eigenvalue weighted by Gasteiger charge is -2.50. The van der Waals surface area contributed by atoms with Crippen LogP contribution >= 0.6 is 0 Å². The molecule has 0 radical (unpaired) electrons. The van der Waals surface area contributed by atoms with E-state index >= 15 is 0 Å². The maximum absolute atomic E-state index is 11.4. The first kappa shape index (κ1) is 14.3. The third-order valence-corrected chi connectivity index (χ3v) is 4.77. The topological polar surface area (TPSA) is 71.3 Å². The number of rotatable bonds is 2. The van der Waals surface area contributed by atoms with Crippen molar-refractivity contribution < 1.29 is 4.92 Å². The average molecular weight is 290 g/mol. The van der Waals surface area contributed by atoms with E-state index in [9.17, 15) is 10.1 Å². The molecular weight excluding hydrogens is 268 g/mol. The highest BCUT2D eigenvalue weighted by Crippen LogP contribution is 2.40. The Morgan fingerprint density at radius 3 is 2.81 bits per heavy atom. The average Bonchev–Trinajstić information content (AvgIpc) is 2.48. The van der Waals surface area contributed by atoms with E-state index in [-0.39, 0.29) is 16.1 Å². The van der Waals surface area contributed by atoms with E-state index in [2.05, 4.69) is 15.2 Å². The van der Waals surface area contributed by atoms with Crippen molar-refractivity contribution in [3.8, 4) is 0 Å². The number of pyridine rings is 1. The van der Waals surface area contributed by atoms with E-state index in [1.807, 2.05) is 6.92 Å². The molecule has 0 aromatic carbocycles. The molecule has 2 fully saturated rings. The zero-order valence-electron chi connectivity index (χ0n) is 12.5.